The molecule has 1 N–H and O–H groups in total. The number of carbonyl (C=O) groups is 1. The Bertz CT molecular complexity index is 307. The number of aliphatic carboxylic acids is 1. The van der Waals surface area contributed by atoms with Crippen LogP contribution in [0.3, 0.4) is 0 Å². The maximum atomic E-state index is 10.7. The van der Waals surface area contributed by atoms with Crippen LogP contribution in [-0.2, 0) is 11.3 Å². The number of carboxylic acids is 1. The second kappa shape index (κ2) is 3.84. The Kier molecular flexibility index (Phi) is 2.54. The second-order valence-electron chi connectivity index (χ2n) is 3.64. The van der Waals surface area contributed by atoms with Gasteiger partial charge < -0.3 is 9.52 Å². The van der Waals surface area contributed by atoms with Gasteiger partial charge in [-0.05, 0) is 25.1 Å². The van der Waals surface area contributed by atoms with Crippen molar-refractivity contribution in [1.82, 2.24) is 4.90 Å². The van der Waals surface area contributed by atoms with Crippen molar-refractivity contribution in [2.45, 2.75) is 13.0 Å². The van der Waals surface area contributed by atoms with Crippen LogP contribution in [0, 0.1) is 5.92 Å². The third-order valence-electron chi connectivity index (χ3n) is 2.58. The first-order valence-electron chi connectivity index (χ1n) is 4.73. The average molecular weight is 195 g/mol. The largest absolute Gasteiger partial charge is 0.481 e. The van der Waals surface area contributed by atoms with E-state index in [0.717, 1.165) is 25.3 Å². The molecule has 1 aromatic rings. The molecule has 0 aliphatic carbocycles. The SMILES string of the molecule is O=C(O)C1CCN(Cc2ccco2)C1. The van der Waals surface area contributed by atoms with Crippen LogP contribution in [0.2, 0.25) is 0 Å². The number of rotatable bonds is 3. The molecule has 0 bridgehead atoms. The predicted octanol–water partition coefficient (Wildman–Crippen LogP) is 1.19. The molecule has 1 atom stereocenters. The van der Waals surface area contributed by atoms with Gasteiger partial charge in [0.15, 0.2) is 0 Å². The van der Waals surface area contributed by atoms with Crippen LogP contribution in [0.4, 0.5) is 0 Å². The molecule has 76 valence electrons. The van der Waals surface area contributed by atoms with E-state index in [-0.39, 0.29) is 5.92 Å². The summed E-state index contributed by atoms with van der Waals surface area (Å²) in [6, 6.07) is 3.76. The Hall–Kier alpha value is -1.29. The van der Waals surface area contributed by atoms with Gasteiger partial charge in [-0.15, -0.1) is 0 Å². The number of nitrogens with zero attached hydrogens (tertiary/aromatic N) is 1. The first kappa shape index (κ1) is 9.27. The Balaban J connectivity index is 1.87. The summed E-state index contributed by atoms with van der Waals surface area (Å²) >= 11 is 0. The molecule has 4 heteroatoms. The molecule has 0 amide bonds. The first-order valence-corrected chi connectivity index (χ1v) is 4.73. The molecule has 1 aliphatic heterocycles. The molecule has 1 fully saturated rings. The summed E-state index contributed by atoms with van der Waals surface area (Å²) in [6.45, 7) is 2.20. The minimum atomic E-state index is -0.688. The summed E-state index contributed by atoms with van der Waals surface area (Å²) in [5.41, 5.74) is 0. The van der Waals surface area contributed by atoms with E-state index in [1.165, 1.54) is 0 Å². The van der Waals surface area contributed by atoms with Crippen LogP contribution >= 0.6 is 0 Å². The minimum absolute atomic E-state index is 0.204. The van der Waals surface area contributed by atoms with E-state index in [1.807, 2.05) is 12.1 Å². The summed E-state index contributed by atoms with van der Waals surface area (Å²) in [6.07, 6.45) is 2.39. The standard InChI is InChI=1S/C10H13NO3/c12-10(13)8-3-4-11(6-8)7-9-2-1-5-14-9/h1-2,5,8H,3-4,6-7H2,(H,12,13). The number of likely N-dealkylation sites (tertiary alicyclic amines) is 1. The van der Waals surface area contributed by atoms with Crippen LogP contribution in [0.25, 0.3) is 0 Å². The molecule has 2 rings (SSSR count). The molecule has 1 saturated heterocycles. The molecule has 0 radical (unpaired) electrons. The van der Waals surface area contributed by atoms with Gasteiger partial charge in [-0.1, -0.05) is 0 Å². The summed E-state index contributed by atoms with van der Waals surface area (Å²) in [7, 11) is 0. The molecule has 1 unspecified atom stereocenters. The molecule has 4 nitrogen and oxygen atoms in total. The van der Waals surface area contributed by atoms with E-state index in [9.17, 15) is 4.79 Å². The van der Waals surface area contributed by atoms with E-state index < -0.39 is 5.97 Å². The Morgan fingerprint density at radius 2 is 2.57 bits per heavy atom. The Morgan fingerprint density at radius 1 is 1.71 bits per heavy atom. The van der Waals surface area contributed by atoms with Gasteiger partial charge in [-0.3, -0.25) is 9.69 Å². The third-order valence-corrected chi connectivity index (χ3v) is 2.58. The highest BCUT2D eigenvalue weighted by Gasteiger charge is 2.27. The molecule has 2 heterocycles. The first-order chi connectivity index (χ1) is 6.75. The fourth-order valence-electron chi connectivity index (χ4n) is 1.80. The van der Waals surface area contributed by atoms with Crippen LogP contribution in [-0.4, -0.2) is 29.1 Å². The summed E-state index contributed by atoms with van der Waals surface area (Å²) in [5, 5.41) is 8.81. The molecule has 0 spiro atoms. The summed E-state index contributed by atoms with van der Waals surface area (Å²) in [4.78, 5) is 12.8. The lowest BCUT2D eigenvalue weighted by molar-refractivity contribution is -0.141. The van der Waals surface area contributed by atoms with Crippen LogP contribution in [0.5, 0.6) is 0 Å². The quantitative estimate of drug-likeness (QED) is 0.787. The van der Waals surface area contributed by atoms with Crippen molar-refractivity contribution in [3.63, 3.8) is 0 Å². The maximum absolute atomic E-state index is 10.7. The zero-order valence-electron chi connectivity index (χ0n) is 7.85. The highest BCUT2D eigenvalue weighted by molar-refractivity contribution is 5.70. The number of hydrogen-bond acceptors (Lipinski definition) is 3. The molecule has 1 aliphatic rings. The molecular formula is C10H13NO3. The van der Waals surface area contributed by atoms with E-state index in [0.29, 0.717) is 6.54 Å². The van der Waals surface area contributed by atoms with Crippen molar-refractivity contribution in [2.75, 3.05) is 13.1 Å². The Labute approximate surface area is 82.1 Å². The van der Waals surface area contributed by atoms with Gasteiger partial charge in [0.05, 0.1) is 18.7 Å². The van der Waals surface area contributed by atoms with Gasteiger partial charge >= 0.3 is 5.97 Å². The van der Waals surface area contributed by atoms with Gasteiger partial charge in [0.1, 0.15) is 5.76 Å². The van der Waals surface area contributed by atoms with Crippen molar-refractivity contribution in [2.24, 2.45) is 5.92 Å². The van der Waals surface area contributed by atoms with E-state index in [2.05, 4.69) is 4.90 Å². The van der Waals surface area contributed by atoms with Crippen LogP contribution < -0.4 is 0 Å². The lowest BCUT2D eigenvalue weighted by Crippen LogP contribution is -2.22. The van der Waals surface area contributed by atoms with E-state index >= 15 is 0 Å². The molecule has 0 aromatic carbocycles. The lowest BCUT2D eigenvalue weighted by atomic mass is 10.1. The van der Waals surface area contributed by atoms with Crippen molar-refractivity contribution in [1.29, 1.82) is 0 Å². The highest BCUT2D eigenvalue weighted by Crippen LogP contribution is 2.18. The van der Waals surface area contributed by atoms with Crippen LogP contribution in [0.1, 0.15) is 12.2 Å². The van der Waals surface area contributed by atoms with Gasteiger partial charge in [-0.2, -0.15) is 0 Å². The van der Waals surface area contributed by atoms with Crippen molar-refractivity contribution < 1.29 is 14.3 Å². The fraction of sp³-hybridized carbons (Fsp3) is 0.500. The van der Waals surface area contributed by atoms with Gasteiger partial charge in [-0.25, -0.2) is 0 Å². The second-order valence-corrected chi connectivity index (χ2v) is 3.64. The third kappa shape index (κ3) is 1.96. The van der Waals surface area contributed by atoms with Crippen molar-refractivity contribution in [3.8, 4) is 0 Å². The zero-order chi connectivity index (χ0) is 9.97. The summed E-state index contributed by atoms with van der Waals surface area (Å²) in [5.74, 6) is 0.00736. The van der Waals surface area contributed by atoms with Crippen molar-refractivity contribution >= 4 is 5.97 Å². The Morgan fingerprint density at radius 3 is 3.14 bits per heavy atom. The minimum Gasteiger partial charge on any atom is -0.481 e. The monoisotopic (exact) mass is 195 g/mol. The number of carboxylic acid groups (broad SMARTS) is 1. The van der Waals surface area contributed by atoms with E-state index in [4.69, 9.17) is 9.52 Å². The average Bonchev–Trinajstić information content (AvgIpc) is 2.75. The van der Waals surface area contributed by atoms with Crippen LogP contribution in [0.15, 0.2) is 22.8 Å². The highest BCUT2D eigenvalue weighted by atomic mass is 16.4. The predicted molar refractivity (Wildman–Crippen MR) is 49.7 cm³/mol. The lowest BCUT2D eigenvalue weighted by Gasteiger charge is -2.12. The molecular weight excluding hydrogens is 182 g/mol. The van der Waals surface area contributed by atoms with Gasteiger partial charge in [0.2, 0.25) is 0 Å². The number of hydrogen-bond donors (Lipinski definition) is 1. The number of furan rings is 1. The van der Waals surface area contributed by atoms with E-state index in [1.54, 1.807) is 6.26 Å². The fourth-order valence-corrected chi connectivity index (χ4v) is 1.80. The zero-order valence-corrected chi connectivity index (χ0v) is 7.85. The van der Waals surface area contributed by atoms with Crippen molar-refractivity contribution in [3.05, 3.63) is 24.2 Å². The smallest absolute Gasteiger partial charge is 0.307 e. The summed E-state index contributed by atoms with van der Waals surface area (Å²) < 4.78 is 5.20. The topological polar surface area (TPSA) is 53.7 Å². The molecule has 0 saturated carbocycles. The maximum Gasteiger partial charge on any atom is 0.307 e. The normalized spacial score (nSPS) is 22.7. The molecule has 1 aromatic heterocycles. The van der Waals surface area contributed by atoms with Gasteiger partial charge in [0.25, 0.3) is 0 Å². The molecule has 14 heavy (non-hydrogen) atoms. The van der Waals surface area contributed by atoms with Gasteiger partial charge in [0, 0.05) is 6.54 Å².